The fourth-order valence-corrected chi connectivity index (χ4v) is 2.56. The fourth-order valence-electron chi connectivity index (χ4n) is 2.56. The summed E-state index contributed by atoms with van der Waals surface area (Å²) in [4.78, 5) is 4.93. The molecule has 0 N–H and O–H groups in total. The molecule has 0 aromatic heterocycles. The molecule has 1 atom stereocenters. The number of likely N-dealkylation sites (N-methyl/N-ethyl adjacent to an activating group) is 1. The molecule has 120 valence electrons. The Morgan fingerprint density at radius 1 is 1.00 bits per heavy atom. The summed E-state index contributed by atoms with van der Waals surface area (Å²) in [5, 5.41) is 0. The largest absolute Gasteiger partial charge is 0.379 e. The second-order valence-electron chi connectivity index (χ2n) is 5.80. The fraction of sp³-hybridized carbons (Fsp3) is 1.00. The van der Waals surface area contributed by atoms with Gasteiger partial charge in [-0.3, -0.25) is 0 Å². The number of piperazine rings is 1. The second kappa shape index (κ2) is 11.5. The first kappa shape index (κ1) is 17.9. The lowest BCUT2D eigenvalue weighted by molar-refractivity contribution is -0.00220. The highest BCUT2D eigenvalue weighted by molar-refractivity contribution is 4.68. The van der Waals surface area contributed by atoms with Crippen LogP contribution in [0.5, 0.6) is 0 Å². The van der Waals surface area contributed by atoms with Crippen LogP contribution in [0, 0.1) is 0 Å². The van der Waals surface area contributed by atoms with Gasteiger partial charge in [-0.15, -0.1) is 0 Å². The Hall–Kier alpha value is -0.160. The maximum absolute atomic E-state index is 5.80. The molecule has 1 fully saturated rings. The highest BCUT2D eigenvalue weighted by atomic mass is 16.5. The van der Waals surface area contributed by atoms with Crippen molar-refractivity contribution in [1.29, 1.82) is 0 Å². The average Bonchev–Trinajstić information content (AvgIpc) is 2.47. The zero-order chi connectivity index (χ0) is 14.6. The minimum atomic E-state index is 0.425. The summed E-state index contributed by atoms with van der Waals surface area (Å²) in [7, 11) is 2.20. The molecule has 1 unspecified atom stereocenters. The van der Waals surface area contributed by atoms with Gasteiger partial charge in [-0.2, -0.15) is 0 Å². The molecule has 0 radical (unpaired) electrons. The molecule has 1 saturated heterocycles. The molecule has 0 bridgehead atoms. The Morgan fingerprint density at radius 3 is 2.40 bits per heavy atom. The van der Waals surface area contributed by atoms with Crippen LogP contribution in [0.3, 0.4) is 0 Å². The van der Waals surface area contributed by atoms with Crippen LogP contribution in [-0.4, -0.2) is 75.5 Å². The number of ether oxygens (including phenoxy) is 2. The summed E-state index contributed by atoms with van der Waals surface area (Å²) >= 11 is 0. The topological polar surface area (TPSA) is 24.9 Å². The summed E-state index contributed by atoms with van der Waals surface area (Å²) in [6.07, 6.45) is 5.03. The van der Waals surface area contributed by atoms with E-state index in [1.807, 2.05) is 0 Å². The van der Waals surface area contributed by atoms with Crippen molar-refractivity contribution in [2.75, 3.05) is 59.6 Å². The summed E-state index contributed by atoms with van der Waals surface area (Å²) < 4.78 is 11.5. The highest BCUT2D eigenvalue weighted by Gasteiger charge is 2.12. The van der Waals surface area contributed by atoms with Crippen LogP contribution in [0.1, 0.15) is 39.5 Å². The van der Waals surface area contributed by atoms with Crippen molar-refractivity contribution in [2.45, 2.75) is 45.6 Å². The van der Waals surface area contributed by atoms with Gasteiger partial charge in [0.1, 0.15) is 0 Å². The number of rotatable bonds is 11. The molecule has 0 spiro atoms. The monoisotopic (exact) mass is 286 g/mol. The minimum absolute atomic E-state index is 0.425. The van der Waals surface area contributed by atoms with Crippen LogP contribution < -0.4 is 0 Å². The predicted molar refractivity (Wildman–Crippen MR) is 84.3 cm³/mol. The lowest BCUT2D eigenvalue weighted by atomic mass is 10.2. The average molecular weight is 286 g/mol. The third kappa shape index (κ3) is 8.20. The van der Waals surface area contributed by atoms with E-state index in [0.29, 0.717) is 6.10 Å². The quantitative estimate of drug-likeness (QED) is 0.544. The van der Waals surface area contributed by atoms with E-state index in [2.05, 4.69) is 30.7 Å². The molecule has 0 amide bonds. The molecular formula is C16H34N2O2. The van der Waals surface area contributed by atoms with E-state index in [4.69, 9.17) is 9.47 Å². The van der Waals surface area contributed by atoms with E-state index in [9.17, 15) is 0 Å². The molecule has 1 rings (SSSR count). The predicted octanol–water partition coefficient (Wildman–Crippen LogP) is 2.24. The van der Waals surface area contributed by atoms with E-state index in [1.165, 1.54) is 45.6 Å². The molecule has 0 aromatic rings. The van der Waals surface area contributed by atoms with Gasteiger partial charge in [-0.25, -0.2) is 0 Å². The third-order valence-electron chi connectivity index (χ3n) is 4.01. The van der Waals surface area contributed by atoms with Gasteiger partial charge in [-0.1, -0.05) is 20.3 Å². The van der Waals surface area contributed by atoms with E-state index in [-0.39, 0.29) is 0 Å². The van der Waals surface area contributed by atoms with Crippen molar-refractivity contribution in [2.24, 2.45) is 0 Å². The van der Waals surface area contributed by atoms with E-state index >= 15 is 0 Å². The molecular weight excluding hydrogens is 252 g/mol. The molecule has 0 aliphatic carbocycles. The SMILES string of the molecule is CCCC(CC)OCCOCCCN1CCN(C)CC1. The normalized spacial score (nSPS) is 19.4. The van der Waals surface area contributed by atoms with Crippen LogP contribution in [-0.2, 0) is 9.47 Å². The second-order valence-corrected chi connectivity index (χ2v) is 5.80. The number of hydrogen-bond donors (Lipinski definition) is 0. The molecule has 4 heteroatoms. The summed E-state index contributed by atoms with van der Waals surface area (Å²) in [5.74, 6) is 0. The van der Waals surface area contributed by atoms with Gasteiger partial charge in [-0.05, 0) is 26.3 Å². The van der Waals surface area contributed by atoms with E-state index < -0.39 is 0 Å². The molecule has 1 aliphatic heterocycles. The van der Waals surface area contributed by atoms with Gasteiger partial charge >= 0.3 is 0 Å². The first-order valence-corrected chi connectivity index (χ1v) is 8.36. The summed E-state index contributed by atoms with van der Waals surface area (Å²) in [6.45, 7) is 12.7. The lowest BCUT2D eigenvalue weighted by Gasteiger charge is -2.32. The Labute approximate surface area is 125 Å². The van der Waals surface area contributed by atoms with Crippen LogP contribution in [0.4, 0.5) is 0 Å². The van der Waals surface area contributed by atoms with Crippen molar-refractivity contribution >= 4 is 0 Å². The van der Waals surface area contributed by atoms with Gasteiger partial charge in [0.2, 0.25) is 0 Å². The standard InChI is InChI=1S/C16H34N2O2/c1-4-7-16(5-2)20-15-14-19-13-6-8-18-11-9-17(3)10-12-18/h16H,4-15H2,1-3H3. The van der Waals surface area contributed by atoms with Crippen molar-refractivity contribution in [1.82, 2.24) is 9.80 Å². The zero-order valence-electron chi connectivity index (χ0n) is 13.8. The summed E-state index contributed by atoms with van der Waals surface area (Å²) in [6, 6.07) is 0. The van der Waals surface area contributed by atoms with Gasteiger partial charge in [0, 0.05) is 39.3 Å². The van der Waals surface area contributed by atoms with Gasteiger partial charge in [0.25, 0.3) is 0 Å². The first-order valence-electron chi connectivity index (χ1n) is 8.36. The van der Waals surface area contributed by atoms with Crippen molar-refractivity contribution in [3.8, 4) is 0 Å². The molecule has 0 aromatic carbocycles. The minimum Gasteiger partial charge on any atom is -0.379 e. The van der Waals surface area contributed by atoms with E-state index in [0.717, 1.165) is 32.7 Å². The third-order valence-corrected chi connectivity index (χ3v) is 4.01. The molecule has 1 heterocycles. The van der Waals surface area contributed by atoms with E-state index in [1.54, 1.807) is 0 Å². The molecule has 20 heavy (non-hydrogen) atoms. The van der Waals surface area contributed by atoms with Crippen LogP contribution in [0.25, 0.3) is 0 Å². The van der Waals surface area contributed by atoms with Gasteiger partial charge in [0.15, 0.2) is 0 Å². The maximum Gasteiger partial charge on any atom is 0.0704 e. The summed E-state index contributed by atoms with van der Waals surface area (Å²) in [5.41, 5.74) is 0. The van der Waals surface area contributed by atoms with Crippen LogP contribution in [0.2, 0.25) is 0 Å². The molecule has 1 aliphatic rings. The Balaban J connectivity index is 1.87. The van der Waals surface area contributed by atoms with Crippen molar-refractivity contribution in [3.05, 3.63) is 0 Å². The molecule has 0 saturated carbocycles. The highest BCUT2D eigenvalue weighted by Crippen LogP contribution is 2.06. The van der Waals surface area contributed by atoms with Crippen molar-refractivity contribution < 1.29 is 9.47 Å². The maximum atomic E-state index is 5.80. The van der Waals surface area contributed by atoms with Crippen molar-refractivity contribution in [3.63, 3.8) is 0 Å². The first-order chi connectivity index (χ1) is 9.76. The van der Waals surface area contributed by atoms with Crippen LogP contribution >= 0.6 is 0 Å². The Kier molecular flexibility index (Phi) is 10.3. The number of hydrogen-bond acceptors (Lipinski definition) is 4. The Morgan fingerprint density at radius 2 is 1.75 bits per heavy atom. The molecule has 4 nitrogen and oxygen atoms in total. The van der Waals surface area contributed by atoms with Crippen LogP contribution in [0.15, 0.2) is 0 Å². The van der Waals surface area contributed by atoms with Gasteiger partial charge in [0.05, 0.1) is 19.3 Å². The smallest absolute Gasteiger partial charge is 0.0704 e. The zero-order valence-corrected chi connectivity index (χ0v) is 13.8. The van der Waals surface area contributed by atoms with Gasteiger partial charge < -0.3 is 19.3 Å². The Bertz CT molecular complexity index is 219. The lowest BCUT2D eigenvalue weighted by Crippen LogP contribution is -2.44. The number of nitrogens with zero attached hydrogens (tertiary/aromatic N) is 2.